The molecule has 9 heteroatoms. The first-order valence-electron chi connectivity index (χ1n) is 5.20. The summed E-state index contributed by atoms with van der Waals surface area (Å²) in [7, 11) is -4.00. The molecule has 0 aromatic heterocycles. The van der Waals surface area contributed by atoms with Gasteiger partial charge in [-0.05, 0) is 25.1 Å². The van der Waals surface area contributed by atoms with E-state index in [1.165, 1.54) is 6.92 Å². The molecule has 1 aromatic rings. The third kappa shape index (κ3) is 4.14. The van der Waals surface area contributed by atoms with Crippen LogP contribution in [0.2, 0.25) is 0 Å². The smallest absolute Gasteiger partial charge is 0.240 e. The zero-order valence-corrected chi connectivity index (χ0v) is 10.8. The van der Waals surface area contributed by atoms with Crippen molar-refractivity contribution >= 4 is 15.9 Å². The molecule has 0 spiro atoms. The van der Waals surface area contributed by atoms with E-state index in [1.807, 2.05) is 0 Å². The Hall–Kier alpha value is -1.74. The van der Waals surface area contributed by atoms with Gasteiger partial charge in [0.15, 0.2) is 11.6 Å². The molecule has 0 heterocycles. The van der Waals surface area contributed by atoms with Crippen LogP contribution >= 0.6 is 0 Å². The molecule has 1 unspecified atom stereocenters. The molecule has 1 aromatic carbocycles. The van der Waals surface area contributed by atoms with Gasteiger partial charge in [-0.25, -0.2) is 21.9 Å². The van der Waals surface area contributed by atoms with Gasteiger partial charge in [0, 0.05) is 12.5 Å². The van der Waals surface area contributed by atoms with Gasteiger partial charge in [0.2, 0.25) is 10.0 Å². The van der Waals surface area contributed by atoms with Gasteiger partial charge in [-0.15, -0.1) is 0 Å². The molecule has 106 valence electrons. The molecule has 0 radical (unpaired) electrons. The summed E-state index contributed by atoms with van der Waals surface area (Å²) >= 11 is 0. The van der Waals surface area contributed by atoms with E-state index in [0.717, 1.165) is 12.1 Å². The highest BCUT2D eigenvalue weighted by Crippen LogP contribution is 2.14. The number of nitrogens with two attached hydrogens (primary N) is 1. The van der Waals surface area contributed by atoms with Crippen LogP contribution in [-0.2, 0) is 10.0 Å². The second-order valence-electron chi connectivity index (χ2n) is 3.89. The number of hydrogen-bond donors (Lipinski definition) is 3. The Kier molecular flexibility index (Phi) is 4.78. The summed E-state index contributed by atoms with van der Waals surface area (Å²) < 4.78 is 51.5. The number of benzene rings is 1. The maximum absolute atomic E-state index is 13.0. The fraction of sp³-hybridized carbons (Fsp3) is 0.300. The van der Waals surface area contributed by atoms with E-state index in [-0.39, 0.29) is 12.3 Å². The van der Waals surface area contributed by atoms with Crippen LogP contribution in [0.1, 0.15) is 13.3 Å². The van der Waals surface area contributed by atoms with E-state index in [2.05, 4.69) is 9.88 Å². The third-order valence-corrected chi connectivity index (χ3v) is 3.79. The lowest BCUT2D eigenvalue weighted by molar-refractivity contribution is 0.316. The van der Waals surface area contributed by atoms with Gasteiger partial charge in [0.1, 0.15) is 5.84 Å². The molecule has 0 aliphatic rings. The molecular formula is C10H13F2N3O3S. The van der Waals surface area contributed by atoms with Gasteiger partial charge in [0.05, 0.1) is 4.90 Å². The lowest BCUT2D eigenvalue weighted by Gasteiger charge is -2.13. The largest absolute Gasteiger partial charge is 0.409 e. The summed E-state index contributed by atoms with van der Waals surface area (Å²) in [4.78, 5) is -0.405. The lowest BCUT2D eigenvalue weighted by atomic mass is 10.2. The van der Waals surface area contributed by atoms with Gasteiger partial charge < -0.3 is 10.9 Å². The molecule has 0 fully saturated rings. The van der Waals surface area contributed by atoms with Gasteiger partial charge in [-0.3, -0.25) is 0 Å². The fourth-order valence-corrected chi connectivity index (χ4v) is 2.63. The highest BCUT2D eigenvalue weighted by molar-refractivity contribution is 7.89. The molecule has 4 N–H and O–H groups in total. The van der Waals surface area contributed by atoms with Crippen LogP contribution in [0.25, 0.3) is 0 Å². The molecule has 1 rings (SSSR count). The van der Waals surface area contributed by atoms with Gasteiger partial charge >= 0.3 is 0 Å². The SMILES string of the molecule is CC(CC(N)=NO)NS(=O)(=O)c1ccc(F)c(F)c1. The molecule has 0 saturated heterocycles. The number of hydrogen-bond acceptors (Lipinski definition) is 4. The third-order valence-electron chi connectivity index (χ3n) is 2.20. The van der Waals surface area contributed by atoms with Crippen molar-refractivity contribution in [3.8, 4) is 0 Å². The minimum Gasteiger partial charge on any atom is -0.409 e. The highest BCUT2D eigenvalue weighted by atomic mass is 32.2. The Labute approximate surface area is 109 Å². The molecule has 19 heavy (non-hydrogen) atoms. The van der Waals surface area contributed by atoms with Crippen LogP contribution in [0.4, 0.5) is 8.78 Å². The number of halogens is 2. The monoisotopic (exact) mass is 293 g/mol. The summed E-state index contributed by atoms with van der Waals surface area (Å²) in [6.45, 7) is 1.48. The molecule has 6 nitrogen and oxygen atoms in total. The minimum atomic E-state index is -4.00. The molecule has 0 bridgehead atoms. The van der Waals surface area contributed by atoms with E-state index in [4.69, 9.17) is 10.9 Å². The Bertz CT molecular complexity index is 590. The Morgan fingerprint density at radius 3 is 2.63 bits per heavy atom. The van der Waals surface area contributed by atoms with Crippen LogP contribution in [0.3, 0.4) is 0 Å². The zero-order valence-electron chi connectivity index (χ0n) is 9.97. The van der Waals surface area contributed by atoms with Crippen molar-refractivity contribution in [3.63, 3.8) is 0 Å². The van der Waals surface area contributed by atoms with Crippen molar-refractivity contribution < 1.29 is 22.4 Å². The van der Waals surface area contributed by atoms with Gasteiger partial charge in [0.25, 0.3) is 0 Å². The predicted octanol–water partition coefficient (Wildman–Crippen LogP) is 0.768. The summed E-state index contributed by atoms with van der Waals surface area (Å²) in [6, 6.07) is 1.57. The standard InChI is InChI=1S/C10H13F2N3O3S/c1-6(4-10(13)14-16)15-19(17,18)7-2-3-8(11)9(12)5-7/h2-3,5-6,15-16H,4H2,1H3,(H2,13,14). The van der Waals surface area contributed by atoms with E-state index in [0.29, 0.717) is 6.07 Å². The van der Waals surface area contributed by atoms with Crippen molar-refractivity contribution in [1.29, 1.82) is 0 Å². The fourth-order valence-electron chi connectivity index (χ4n) is 1.37. The average molecular weight is 293 g/mol. The molecule has 0 aliphatic heterocycles. The Morgan fingerprint density at radius 2 is 2.11 bits per heavy atom. The lowest BCUT2D eigenvalue weighted by Crippen LogP contribution is -2.35. The number of sulfonamides is 1. The maximum atomic E-state index is 13.0. The number of nitrogens with one attached hydrogen (secondary N) is 1. The average Bonchev–Trinajstić information content (AvgIpc) is 2.31. The number of nitrogens with zero attached hydrogens (tertiary/aromatic N) is 1. The number of amidine groups is 1. The minimum absolute atomic E-state index is 0.0284. The van der Waals surface area contributed by atoms with Crippen molar-refractivity contribution in [2.45, 2.75) is 24.3 Å². The molecular weight excluding hydrogens is 280 g/mol. The van der Waals surface area contributed by atoms with Crippen molar-refractivity contribution in [2.24, 2.45) is 10.9 Å². The predicted molar refractivity (Wildman–Crippen MR) is 64.2 cm³/mol. The normalized spacial score (nSPS) is 14.4. The first-order chi connectivity index (χ1) is 8.76. The van der Waals surface area contributed by atoms with Crippen LogP contribution in [0, 0.1) is 11.6 Å². The number of oxime groups is 1. The van der Waals surface area contributed by atoms with Crippen LogP contribution < -0.4 is 10.5 Å². The van der Waals surface area contributed by atoms with Crippen LogP contribution in [-0.4, -0.2) is 25.5 Å². The van der Waals surface area contributed by atoms with Gasteiger partial charge in [-0.1, -0.05) is 5.16 Å². The molecule has 1 atom stereocenters. The van der Waals surface area contributed by atoms with E-state index in [9.17, 15) is 17.2 Å². The van der Waals surface area contributed by atoms with E-state index < -0.39 is 32.6 Å². The van der Waals surface area contributed by atoms with Crippen molar-refractivity contribution in [1.82, 2.24) is 4.72 Å². The first-order valence-corrected chi connectivity index (χ1v) is 6.68. The molecule has 0 amide bonds. The molecule has 0 aliphatic carbocycles. The van der Waals surface area contributed by atoms with Crippen molar-refractivity contribution in [2.75, 3.05) is 0 Å². The van der Waals surface area contributed by atoms with E-state index in [1.54, 1.807) is 0 Å². The zero-order chi connectivity index (χ0) is 14.6. The second kappa shape index (κ2) is 5.93. The highest BCUT2D eigenvalue weighted by Gasteiger charge is 2.19. The first kappa shape index (κ1) is 15.3. The maximum Gasteiger partial charge on any atom is 0.240 e. The summed E-state index contributed by atoms with van der Waals surface area (Å²) in [5.41, 5.74) is 5.23. The van der Waals surface area contributed by atoms with Crippen LogP contribution in [0.5, 0.6) is 0 Å². The Balaban J connectivity index is 2.89. The van der Waals surface area contributed by atoms with Crippen LogP contribution in [0.15, 0.2) is 28.3 Å². The summed E-state index contributed by atoms with van der Waals surface area (Å²) in [5, 5.41) is 11.1. The number of rotatable bonds is 5. The van der Waals surface area contributed by atoms with E-state index >= 15 is 0 Å². The quantitative estimate of drug-likeness (QED) is 0.323. The summed E-state index contributed by atoms with van der Waals surface area (Å²) in [6.07, 6.45) is -0.0284. The topological polar surface area (TPSA) is 105 Å². The summed E-state index contributed by atoms with van der Waals surface area (Å²) in [5.74, 6) is -2.55. The van der Waals surface area contributed by atoms with Crippen molar-refractivity contribution in [3.05, 3.63) is 29.8 Å². The second-order valence-corrected chi connectivity index (χ2v) is 5.61. The molecule has 0 saturated carbocycles. The van der Waals surface area contributed by atoms with Gasteiger partial charge in [-0.2, -0.15) is 0 Å². The Morgan fingerprint density at radius 1 is 1.47 bits per heavy atom.